The monoisotopic (exact) mass is 255 g/mol. The minimum Gasteiger partial charge on any atom is -0.508 e. The molecule has 0 spiro atoms. The summed E-state index contributed by atoms with van der Waals surface area (Å²) in [5, 5.41) is 27.8. The van der Waals surface area contributed by atoms with Crippen molar-refractivity contribution in [3.05, 3.63) is 42.0 Å². The molecule has 5 nitrogen and oxygen atoms in total. The van der Waals surface area contributed by atoms with Crippen molar-refractivity contribution < 1.29 is 10.2 Å². The van der Waals surface area contributed by atoms with E-state index in [-0.39, 0.29) is 11.5 Å². The molecule has 19 heavy (non-hydrogen) atoms. The van der Waals surface area contributed by atoms with Gasteiger partial charge in [-0.15, -0.1) is 15.0 Å². The van der Waals surface area contributed by atoms with E-state index in [9.17, 15) is 10.2 Å². The van der Waals surface area contributed by atoms with Gasteiger partial charge in [-0.3, -0.25) is 0 Å². The van der Waals surface area contributed by atoms with Crippen LogP contribution in [0.5, 0.6) is 11.5 Å². The summed E-state index contributed by atoms with van der Waals surface area (Å²) in [5.74, 6) is -0.0535. The highest BCUT2D eigenvalue weighted by Crippen LogP contribution is 2.25. The number of rotatable bonds is 2. The van der Waals surface area contributed by atoms with Crippen molar-refractivity contribution in [1.82, 2.24) is 15.0 Å². The van der Waals surface area contributed by atoms with E-state index in [2.05, 4.69) is 17.1 Å². The molecular weight excluding hydrogens is 242 g/mol. The van der Waals surface area contributed by atoms with Crippen LogP contribution in [0, 0.1) is 0 Å². The standard InChI is InChI=1S/C14H13N3O2/c1-2-9-3-5-11-12(7-9)16-17(15-11)13-6-4-10(18)8-14(13)19/h3-8,18-19H,2H2,1H3. The van der Waals surface area contributed by atoms with Crippen molar-refractivity contribution in [1.29, 1.82) is 0 Å². The summed E-state index contributed by atoms with van der Waals surface area (Å²) in [6, 6.07) is 10.2. The molecule has 0 saturated heterocycles. The SMILES string of the molecule is CCc1ccc2nn(-c3ccc(O)cc3O)nc2c1. The molecule has 0 bridgehead atoms. The average molecular weight is 255 g/mol. The van der Waals surface area contributed by atoms with Crippen molar-refractivity contribution in [3.63, 3.8) is 0 Å². The van der Waals surface area contributed by atoms with Gasteiger partial charge in [-0.2, -0.15) is 0 Å². The second-order valence-corrected chi connectivity index (χ2v) is 4.34. The third-order valence-corrected chi connectivity index (χ3v) is 3.03. The van der Waals surface area contributed by atoms with Crippen molar-refractivity contribution >= 4 is 11.0 Å². The van der Waals surface area contributed by atoms with E-state index in [0.29, 0.717) is 5.69 Å². The predicted molar refractivity (Wildman–Crippen MR) is 71.6 cm³/mol. The van der Waals surface area contributed by atoms with Crippen molar-refractivity contribution in [2.75, 3.05) is 0 Å². The fourth-order valence-corrected chi connectivity index (χ4v) is 1.97. The summed E-state index contributed by atoms with van der Waals surface area (Å²) in [7, 11) is 0. The highest BCUT2D eigenvalue weighted by molar-refractivity contribution is 5.74. The Morgan fingerprint density at radius 3 is 2.53 bits per heavy atom. The van der Waals surface area contributed by atoms with E-state index in [0.717, 1.165) is 17.5 Å². The molecule has 0 saturated carbocycles. The first kappa shape index (κ1) is 11.5. The summed E-state index contributed by atoms with van der Waals surface area (Å²) in [5.41, 5.74) is 3.18. The van der Waals surface area contributed by atoms with E-state index in [1.807, 2.05) is 18.2 Å². The molecule has 0 radical (unpaired) electrons. The number of hydrogen-bond acceptors (Lipinski definition) is 4. The Balaban J connectivity index is 2.14. The maximum Gasteiger partial charge on any atom is 0.146 e. The Morgan fingerprint density at radius 1 is 1.00 bits per heavy atom. The smallest absolute Gasteiger partial charge is 0.146 e. The molecule has 1 heterocycles. The van der Waals surface area contributed by atoms with Gasteiger partial charge in [0.15, 0.2) is 0 Å². The summed E-state index contributed by atoms with van der Waals surface area (Å²) in [6.45, 7) is 2.08. The van der Waals surface area contributed by atoms with Crippen LogP contribution in [0.3, 0.4) is 0 Å². The Hall–Kier alpha value is -2.56. The molecule has 3 rings (SSSR count). The van der Waals surface area contributed by atoms with E-state index < -0.39 is 0 Å². The van der Waals surface area contributed by atoms with Crippen molar-refractivity contribution in [2.24, 2.45) is 0 Å². The number of phenols is 2. The number of benzene rings is 2. The van der Waals surface area contributed by atoms with Crippen molar-refractivity contribution in [3.8, 4) is 17.2 Å². The number of aromatic nitrogens is 3. The summed E-state index contributed by atoms with van der Waals surface area (Å²) >= 11 is 0. The summed E-state index contributed by atoms with van der Waals surface area (Å²) in [6.07, 6.45) is 0.938. The van der Waals surface area contributed by atoms with Crippen LogP contribution in [-0.4, -0.2) is 25.2 Å². The quantitative estimate of drug-likeness (QED) is 0.737. The Labute approximate surface area is 109 Å². The van der Waals surface area contributed by atoms with Crippen LogP contribution in [0.15, 0.2) is 36.4 Å². The molecule has 0 aliphatic rings. The van der Waals surface area contributed by atoms with Crippen LogP contribution >= 0.6 is 0 Å². The zero-order valence-electron chi connectivity index (χ0n) is 10.4. The number of hydrogen-bond donors (Lipinski definition) is 2. The molecule has 5 heteroatoms. The fraction of sp³-hybridized carbons (Fsp3) is 0.143. The van der Waals surface area contributed by atoms with Gasteiger partial charge in [0.05, 0.1) is 0 Å². The predicted octanol–water partition coefficient (Wildman–Crippen LogP) is 2.39. The molecule has 1 aromatic heterocycles. The zero-order chi connectivity index (χ0) is 13.4. The van der Waals surface area contributed by atoms with Gasteiger partial charge in [0, 0.05) is 6.07 Å². The fourth-order valence-electron chi connectivity index (χ4n) is 1.97. The van der Waals surface area contributed by atoms with Crippen LogP contribution in [-0.2, 0) is 6.42 Å². The number of aryl methyl sites for hydroxylation is 1. The average Bonchev–Trinajstić information content (AvgIpc) is 2.80. The van der Waals surface area contributed by atoms with E-state index in [4.69, 9.17) is 0 Å². The van der Waals surface area contributed by atoms with Gasteiger partial charge in [0.2, 0.25) is 0 Å². The zero-order valence-corrected chi connectivity index (χ0v) is 10.4. The maximum absolute atomic E-state index is 9.81. The van der Waals surface area contributed by atoms with Gasteiger partial charge in [-0.05, 0) is 36.2 Å². The normalized spacial score (nSPS) is 11.0. The first-order chi connectivity index (χ1) is 9.17. The van der Waals surface area contributed by atoms with Crippen LogP contribution in [0.1, 0.15) is 12.5 Å². The lowest BCUT2D eigenvalue weighted by molar-refractivity contribution is 0.446. The minimum absolute atomic E-state index is 0.00577. The van der Waals surface area contributed by atoms with Crippen molar-refractivity contribution in [2.45, 2.75) is 13.3 Å². The molecule has 2 aromatic carbocycles. The van der Waals surface area contributed by atoms with Crippen LogP contribution in [0.4, 0.5) is 0 Å². The van der Waals surface area contributed by atoms with Crippen LogP contribution in [0.2, 0.25) is 0 Å². The highest BCUT2D eigenvalue weighted by atomic mass is 16.3. The van der Waals surface area contributed by atoms with Crippen LogP contribution in [0.25, 0.3) is 16.7 Å². The third-order valence-electron chi connectivity index (χ3n) is 3.03. The largest absolute Gasteiger partial charge is 0.508 e. The summed E-state index contributed by atoms with van der Waals surface area (Å²) in [4.78, 5) is 1.37. The number of aromatic hydroxyl groups is 2. The first-order valence-corrected chi connectivity index (χ1v) is 6.05. The third kappa shape index (κ3) is 1.99. The molecule has 0 aliphatic heterocycles. The van der Waals surface area contributed by atoms with E-state index in [1.165, 1.54) is 22.5 Å². The highest BCUT2D eigenvalue weighted by Gasteiger charge is 2.09. The van der Waals surface area contributed by atoms with E-state index in [1.54, 1.807) is 6.07 Å². The molecule has 0 unspecified atom stereocenters. The topological polar surface area (TPSA) is 71.2 Å². The van der Waals surface area contributed by atoms with Gasteiger partial charge in [0.1, 0.15) is 28.2 Å². The number of phenolic OH excluding ortho intramolecular Hbond substituents is 2. The Bertz CT molecular complexity index is 750. The molecule has 3 aromatic rings. The van der Waals surface area contributed by atoms with Gasteiger partial charge in [-0.1, -0.05) is 13.0 Å². The lowest BCUT2D eigenvalue weighted by atomic mass is 10.1. The molecule has 0 atom stereocenters. The lowest BCUT2D eigenvalue weighted by Gasteiger charge is -2.02. The second kappa shape index (κ2) is 4.28. The molecule has 0 fully saturated rings. The molecule has 0 aliphatic carbocycles. The van der Waals surface area contributed by atoms with Gasteiger partial charge in [0.25, 0.3) is 0 Å². The Morgan fingerprint density at radius 2 is 1.79 bits per heavy atom. The Kier molecular flexibility index (Phi) is 2.59. The first-order valence-electron chi connectivity index (χ1n) is 6.05. The van der Waals surface area contributed by atoms with Gasteiger partial charge < -0.3 is 10.2 Å². The van der Waals surface area contributed by atoms with Gasteiger partial charge in [-0.25, -0.2) is 0 Å². The number of nitrogens with zero attached hydrogens (tertiary/aromatic N) is 3. The van der Waals surface area contributed by atoms with E-state index >= 15 is 0 Å². The molecule has 2 N–H and O–H groups in total. The van der Waals surface area contributed by atoms with Gasteiger partial charge >= 0.3 is 0 Å². The molecule has 0 amide bonds. The molecular formula is C14H13N3O2. The lowest BCUT2D eigenvalue weighted by Crippen LogP contribution is -1.98. The maximum atomic E-state index is 9.81. The number of fused-ring (bicyclic) bond motifs is 1. The molecule has 96 valence electrons. The van der Waals surface area contributed by atoms with Crippen LogP contribution < -0.4 is 0 Å². The minimum atomic E-state index is -0.0592. The second-order valence-electron chi connectivity index (χ2n) is 4.34. The summed E-state index contributed by atoms with van der Waals surface area (Å²) < 4.78 is 0.